The topological polar surface area (TPSA) is 0 Å². The van der Waals surface area contributed by atoms with Gasteiger partial charge in [-0.05, 0) is 59.7 Å². The van der Waals surface area contributed by atoms with E-state index >= 15 is 0 Å². The molecule has 0 spiro atoms. The highest BCUT2D eigenvalue weighted by Gasteiger charge is 2.33. The van der Waals surface area contributed by atoms with E-state index in [1.807, 2.05) is 6.07 Å². The highest BCUT2D eigenvalue weighted by Crippen LogP contribution is 2.40. The zero-order chi connectivity index (χ0) is 17.2. The predicted octanol–water partition coefficient (Wildman–Crippen LogP) is 7.58. The third-order valence-corrected chi connectivity index (χ3v) is 4.59. The zero-order valence-electron chi connectivity index (χ0n) is 12.8. The Bertz CT molecular complexity index is 689. The van der Waals surface area contributed by atoms with Crippen molar-refractivity contribution in [2.75, 3.05) is 0 Å². The van der Waals surface area contributed by atoms with Crippen LogP contribution < -0.4 is 0 Å². The van der Waals surface area contributed by atoms with Crippen LogP contribution in [0.15, 0.2) is 36.4 Å². The third-order valence-electron chi connectivity index (χ3n) is 4.02. The lowest BCUT2D eigenvalue weighted by molar-refractivity contribution is -0.137. The largest absolute Gasteiger partial charge is 0.417 e. The van der Waals surface area contributed by atoms with Gasteiger partial charge in [0.05, 0.1) is 10.6 Å². The second kappa shape index (κ2) is 7.14. The Labute approximate surface area is 144 Å². The standard InChI is InChI=1S/C18H17Cl2F3/c1-3-11(4-2)14-7-6-13(19)10-15(14)12-5-8-17(20)16(9-12)18(21,22)23/h5-11H,3-4H2,1-2H3. The van der Waals surface area contributed by atoms with Gasteiger partial charge in [-0.1, -0.05) is 49.2 Å². The second-order valence-electron chi connectivity index (χ2n) is 5.44. The van der Waals surface area contributed by atoms with Crippen LogP contribution in [-0.2, 0) is 6.18 Å². The summed E-state index contributed by atoms with van der Waals surface area (Å²) in [4.78, 5) is 0. The van der Waals surface area contributed by atoms with Gasteiger partial charge in [0.2, 0.25) is 0 Å². The first-order valence-electron chi connectivity index (χ1n) is 7.44. The second-order valence-corrected chi connectivity index (χ2v) is 6.28. The minimum absolute atomic E-state index is 0.271. The van der Waals surface area contributed by atoms with Gasteiger partial charge in [0.15, 0.2) is 0 Å². The average molecular weight is 361 g/mol. The zero-order valence-corrected chi connectivity index (χ0v) is 14.4. The fraction of sp³-hybridized carbons (Fsp3) is 0.333. The summed E-state index contributed by atoms with van der Waals surface area (Å²) in [7, 11) is 0. The van der Waals surface area contributed by atoms with Crippen molar-refractivity contribution in [3.05, 3.63) is 57.6 Å². The van der Waals surface area contributed by atoms with E-state index in [1.54, 1.807) is 18.2 Å². The fourth-order valence-electron chi connectivity index (χ4n) is 2.77. The molecular formula is C18H17Cl2F3. The molecule has 0 amide bonds. The molecule has 0 aliphatic heterocycles. The Kier molecular flexibility index (Phi) is 5.64. The number of hydrogen-bond donors (Lipinski definition) is 0. The molecule has 2 aromatic rings. The van der Waals surface area contributed by atoms with Gasteiger partial charge in [-0.2, -0.15) is 13.2 Å². The van der Waals surface area contributed by atoms with Crippen molar-refractivity contribution in [1.29, 1.82) is 0 Å². The molecule has 0 aliphatic carbocycles. The minimum atomic E-state index is -4.49. The number of alkyl halides is 3. The van der Waals surface area contributed by atoms with Crippen LogP contribution in [0.2, 0.25) is 10.0 Å². The smallest absolute Gasteiger partial charge is 0.166 e. The van der Waals surface area contributed by atoms with Crippen LogP contribution in [0.3, 0.4) is 0 Å². The van der Waals surface area contributed by atoms with Gasteiger partial charge in [-0.3, -0.25) is 0 Å². The summed E-state index contributed by atoms with van der Waals surface area (Å²) in [5.41, 5.74) is 1.39. The van der Waals surface area contributed by atoms with E-state index in [9.17, 15) is 13.2 Å². The number of rotatable bonds is 4. The predicted molar refractivity (Wildman–Crippen MR) is 90.2 cm³/mol. The first-order valence-corrected chi connectivity index (χ1v) is 8.20. The maximum Gasteiger partial charge on any atom is 0.417 e. The van der Waals surface area contributed by atoms with E-state index in [4.69, 9.17) is 23.2 Å². The van der Waals surface area contributed by atoms with Crippen LogP contribution in [0, 0.1) is 0 Å². The van der Waals surface area contributed by atoms with E-state index in [0.717, 1.165) is 30.0 Å². The Morgan fingerprint density at radius 3 is 2.17 bits per heavy atom. The molecule has 23 heavy (non-hydrogen) atoms. The van der Waals surface area contributed by atoms with Crippen molar-refractivity contribution in [2.45, 2.75) is 38.8 Å². The summed E-state index contributed by atoms with van der Waals surface area (Å²) in [5.74, 6) is 0.271. The Morgan fingerprint density at radius 2 is 1.61 bits per heavy atom. The lowest BCUT2D eigenvalue weighted by Gasteiger charge is -2.19. The van der Waals surface area contributed by atoms with Crippen LogP contribution in [-0.4, -0.2) is 0 Å². The Hall–Kier alpha value is -1.19. The van der Waals surface area contributed by atoms with E-state index < -0.39 is 11.7 Å². The van der Waals surface area contributed by atoms with E-state index in [2.05, 4.69) is 13.8 Å². The summed E-state index contributed by atoms with van der Waals surface area (Å²) in [6.07, 6.45) is -2.67. The molecule has 0 N–H and O–H groups in total. The molecule has 0 saturated carbocycles. The van der Waals surface area contributed by atoms with Gasteiger partial charge in [0.25, 0.3) is 0 Å². The molecule has 0 radical (unpaired) electrons. The molecular weight excluding hydrogens is 344 g/mol. The summed E-state index contributed by atoms with van der Waals surface area (Å²) in [6, 6.07) is 9.39. The van der Waals surface area contributed by atoms with E-state index in [0.29, 0.717) is 10.6 Å². The van der Waals surface area contributed by atoms with Gasteiger partial charge < -0.3 is 0 Å². The van der Waals surface area contributed by atoms with Crippen LogP contribution in [0.1, 0.15) is 43.7 Å². The highest BCUT2D eigenvalue weighted by molar-refractivity contribution is 6.31. The highest BCUT2D eigenvalue weighted by atomic mass is 35.5. The van der Waals surface area contributed by atoms with Crippen LogP contribution in [0.4, 0.5) is 13.2 Å². The monoisotopic (exact) mass is 360 g/mol. The molecule has 0 atom stereocenters. The van der Waals surface area contributed by atoms with Crippen molar-refractivity contribution in [3.8, 4) is 11.1 Å². The molecule has 0 saturated heterocycles. The molecule has 0 heterocycles. The van der Waals surface area contributed by atoms with Gasteiger partial charge in [-0.15, -0.1) is 0 Å². The molecule has 0 nitrogen and oxygen atoms in total. The fourth-order valence-corrected chi connectivity index (χ4v) is 3.17. The molecule has 124 valence electrons. The van der Waals surface area contributed by atoms with Crippen molar-refractivity contribution in [3.63, 3.8) is 0 Å². The summed E-state index contributed by atoms with van der Waals surface area (Å²) < 4.78 is 39.3. The summed E-state index contributed by atoms with van der Waals surface area (Å²) in [5, 5.41) is 0.200. The molecule has 0 aliphatic rings. The van der Waals surface area contributed by atoms with Crippen molar-refractivity contribution < 1.29 is 13.2 Å². The molecule has 0 bridgehead atoms. The quantitative estimate of drug-likeness (QED) is 0.526. The lowest BCUT2D eigenvalue weighted by Crippen LogP contribution is -2.06. The maximum absolute atomic E-state index is 13.1. The first-order chi connectivity index (χ1) is 10.8. The summed E-state index contributed by atoms with van der Waals surface area (Å²) >= 11 is 11.8. The third kappa shape index (κ3) is 4.02. The van der Waals surface area contributed by atoms with Crippen molar-refractivity contribution in [1.82, 2.24) is 0 Å². The number of benzene rings is 2. The number of hydrogen-bond acceptors (Lipinski definition) is 0. The molecule has 0 fully saturated rings. The van der Waals surface area contributed by atoms with Gasteiger partial charge in [0, 0.05) is 5.02 Å². The van der Waals surface area contributed by atoms with Gasteiger partial charge in [-0.25, -0.2) is 0 Å². The molecule has 5 heteroatoms. The van der Waals surface area contributed by atoms with Crippen LogP contribution >= 0.6 is 23.2 Å². The molecule has 0 aromatic heterocycles. The van der Waals surface area contributed by atoms with Gasteiger partial charge in [0.1, 0.15) is 0 Å². The van der Waals surface area contributed by atoms with Gasteiger partial charge >= 0.3 is 6.18 Å². The molecule has 2 rings (SSSR count). The first kappa shape index (κ1) is 18.2. The van der Waals surface area contributed by atoms with Crippen LogP contribution in [0.25, 0.3) is 11.1 Å². The van der Waals surface area contributed by atoms with Crippen LogP contribution in [0.5, 0.6) is 0 Å². The normalized spacial score (nSPS) is 12.0. The Morgan fingerprint density at radius 1 is 0.957 bits per heavy atom. The Balaban J connectivity index is 2.64. The van der Waals surface area contributed by atoms with E-state index in [1.165, 1.54) is 6.07 Å². The molecule has 0 unspecified atom stereocenters. The van der Waals surface area contributed by atoms with Crippen molar-refractivity contribution in [2.24, 2.45) is 0 Å². The lowest BCUT2D eigenvalue weighted by atomic mass is 9.87. The number of halogens is 5. The minimum Gasteiger partial charge on any atom is -0.166 e. The SMILES string of the molecule is CCC(CC)c1ccc(Cl)cc1-c1ccc(Cl)c(C(F)(F)F)c1. The van der Waals surface area contributed by atoms with E-state index in [-0.39, 0.29) is 10.9 Å². The molecule has 2 aromatic carbocycles. The average Bonchev–Trinajstić information content (AvgIpc) is 2.49. The van der Waals surface area contributed by atoms with Crippen molar-refractivity contribution >= 4 is 23.2 Å². The maximum atomic E-state index is 13.1. The summed E-state index contributed by atoms with van der Waals surface area (Å²) in [6.45, 7) is 4.13.